The van der Waals surface area contributed by atoms with Crippen molar-refractivity contribution < 1.29 is 19.3 Å². The molecule has 4 heteroatoms. The van der Waals surface area contributed by atoms with Crippen molar-refractivity contribution in [2.24, 2.45) is 0 Å². The van der Waals surface area contributed by atoms with Crippen LogP contribution in [0.3, 0.4) is 0 Å². The van der Waals surface area contributed by atoms with Crippen LogP contribution in [-0.4, -0.2) is 50.3 Å². The fraction of sp³-hybridized carbons (Fsp3) is 1.00. The van der Waals surface area contributed by atoms with Crippen molar-refractivity contribution in [2.45, 2.75) is 77.9 Å². The average Bonchev–Trinajstić information content (AvgIpc) is 2.50. The van der Waals surface area contributed by atoms with E-state index >= 15 is 0 Å². The number of aliphatic hydroxyl groups excluding tert-OH is 1. The lowest BCUT2D eigenvalue weighted by atomic mass is 10.1. The molecule has 0 aromatic heterocycles. The fourth-order valence-corrected chi connectivity index (χ4v) is 2.00. The second kappa shape index (κ2) is 16.2. The summed E-state index contributed by atoms with van der Waals surface area (Å²) in [5.41, 5.74) is 0. The van der Waals surface area contributed by atoms with Crippen molar-refractivity contribution in [3.8, 4) is 0 Å². The summed E-state index contributed by atoms with van der Waals surface area (Å²) in [6.45, 7) is 9.47. The van der Waals surface area contributed by atoms with Crippen LogP contribution in [0.1, 0.15) is 65.7 Å². The molecular weight excluding hydrogens is 268 g/mol. The summed E-state index contributed by atoms with van der Waals surface area (Å²) in [5.74, 6) is 0. The summed E-state index contributed by atoms with van der Waals surface area (Å²) in [5, 5.41) is 9.84. The molecule has 0 bridgehead atoms. The van der Waals surface area contributed by atoms with Crippen LogP contribution in [0.2, 0.25) is 0 Å². The second-order valence-corrected chi connectivity index (χ2v) is 5.58. The van der Waals surface area contributed by atoms with Crippen molar-refractivity contribution in [3.05, 3.63) is 0 Å². The van der Waals surface area contributed by atoms with E-state index < -0.39 is 0 Å². The second-order valence-electron chi connectivity index (χ2n) is 5.58. The maximum atomic E-state index is 9.84. The van der Waals surface area contributed by atoms with Crippen LogP contribution < -0.4 is 0 Å². The molecule has 0 aromatic carbocycles. The SMILES string of the molecule is CCCCC(O)COC(CCCC)COCCOCCC. The van der Waals surface area contributed by atoms with Crippen molar-refractivity contribution in [3.63, 3.8) is 0 Å². The molecule has 0 aliphatic rings. The van der Waals surface area contributed by atoms with Crippen molar-refractivity contribution in [1.82, 2.24) is 0 Å². The zero-order valence-electron chi connectivity index (χ0n) is 14.3. The third-order valence-electron chi connectivity index (χ3n) is 3.32. The van der Waals surface area contributed by atoms with E-state index in [0.29, 0.717) is 26.4 Å². The Bertz CT molecular complexity index is 199. The summed E-state index contributed by atoms with van der Waals surface area (Å²) in [6, 6.07) is 0. The molecule has 0 saturated heterocycles. The molecule has 128 valence electrons. The Morgan fingerprint density at radius 2 is 1.43 bits per heavy atom. The molecule has 0 saturated carbocycles. The molecular formula is C17H36O4. The van der Waals surface area contributed by atoms with Crippen molar-refractivity contribution in [1.29, 1.82) is 0 Å². The molecule has 0 heterocycles. The molecule has 0 rings (SSSR count). The molecule has 2 unspecified atom stereocenters. The normalized spacial score (nSPS) is 14.3. The molecule has 0 amide bonds. The minimum atomic E-state index is -0.345. The molecule has 0 aliphatic carbocycles. The number of hydrogen-bond donors (Lipinski definition) is 1. The molecule has 1 N–H and O–H groups in total. The molecule has 0 radical (unpaired) electrons. The summed E-state index contributed by atoms with van der Waals surface area (Å²) in [7, 11) is 0. The predicted octanol–water partition coefficient (Wildman–Crippen LogP) is 3.56. The number of ether oxygens (including phenoxy) is 3. The Hall–Kier alpha value is -0.160. The van der Waals surface area contributed by atoms with Gasteiger partial charge in [0.25, 0.3) is 0 Å². The maximum Gasteiger partial charge on any atom is 0.0809 e. The van der Waals surface area contributed by atoms with Crippen LogP contribution in [0.4, 0.5) is 0 Å². The lowest BCUT2D eigenvalue weighted by Crippen LogP contribution is -2.26. The number of aliphatic hydroxyl groups is 1. The lowest BCUT2D eigenvalue weighted by molar-refractivity contribution is -0.0610. The Morgan fingerprint density at radius 3 is 2.10 bits per heavy atom. The monoisotopic (exact) mass is 304 g/mol. The van der Waals surface area contributed by atoms with E-state index in [1.807, 2.05) is 0 Å². The highest BCUT2D eigenvalue weighted by Gasteiger charge is 2.12. The minimum absolute atomic E-state index is 0.0902. The third kappa shape index (κ3) is 14.5. The van der Waals surface area contributed by atoms with Gasteiger partial charge in [0.1, 0.15) is 0 Å². The predicted molar refractivity (Wildman–Crippen MR) is 86.7 cm³/mol. The van der Waals surface area contributed by atoms with Crippen LogP contribution in [0.5, 0.6) is 0 Å². The summed E-state index contributed by atoms with van der Waals surface area (Å²) < 4.78 is 16.8. The van der Waals surface area contributed by atoms with E-state index in [2.05, 4.69) is 20.8 Å². The van der Waals surface area contributed by atoms with Crippen LogP contribution in [0.15, 0.2) is 0 Å². The molecule has 21 heavy (non-hydrogen) atoms. The van der Waals surface area contributed by atoms with Gasteiger partial charge < -0.3 is 19.3 Å². The Kier molecular flexibility index (Phi) is 16.1. The van der Waals surface area contributed by atoms with Gasteiger partial charge in [-0.2, -0.15) is 0 Å². The van der Waals surface area contributed by atoms with Gasteiger partial charge in [-0.1, -0.05) is 46.5 Å². The first-order valence-electron chi connectivity index (χ1n) is 8.69. The lowest BCUT2D eigenvalue weighted by Gasteiger charge is -2.20. The maximum absolute atomic E-state index is 9.84. The quantitative estimate of drug-likeness (QED) is 0.443. The van der Waals surface area contributed by atoms with Crippen LogP contribution in [0.25, 0.3) is 0 Å². The van der Waals surface area contributed by atoms with Gasteiger partial charge in [0.2, 0.25) is 0 Å². The first-order chi connectivity index (χ1) is 10.2. The van der Waals surface area contributed by atoms with Crippen molar-refractivity contribution >= 4 is 0 Å². The molecule has 0 spiro atoms. The number of rotatable bonds is 16. The standard InChI is InChI=1S/C17H36O4/c1-4-7-9-16(18)14-21-17(10-8-5-2)15-20-13-12-19-11-6-3/h16-18H,4-15H2,1-3H3. The van der Waals surface area contributed by atoms with Gasteiger partial charge in [-0.15, -0.1) is 0 Å². The topological polar surface area (TPSA) is 47.9 Å². The van der Waals surface area contributed by atoms with E-state index in [4.69, 9.17) is 14.2 Å². The molecule has 0 fully saturated rings. The zero-order valence-corrected chi connectivity index (χ0v) is 14.3. The van der Waals surface area contributed by atoms with Gasteiger partial charge in [-0.05, 0) is 19.3 Å². The van der Waals surface area contributed by atoms with E-state index in [9.17, 15) is 5.11 Å². The minimum Gasteiger partial charge on any atom is -0.391 e. The van der Waals surface area contributed by atoms with E-state index in [1.165, 1.54) is 0 Å². The highest BCUT2D eigenvalue weighted by molar-refractivity contribution is 4.60. The highest BCUT2D eigenvalue weighted by Crippen LogP contribution is 2.08. The Labute approximate surface area is 131 Å². The van der Waals surface area contributed by atoms with E-state index in [0.717, 1.165) is 51.6 Å². The molecule has 0 aliphatic heterocycles. The molecule has 2 atom stereocenters. The highest BCUT2D eigenvalue weighted by atomic mass is 16.6. The van der Waals surface area contributed by atoms with Gasteiger partial charge in [0.05, 0.1) is 38.6 Å². The molecule has 4 nitrogen and oxygen atoms in total. The number of hydrogen-bond acceptors (Lipinski definition) is 4. The first-order valence-corrected chi connectivity index (χ1v) is 8.69. The van der Waals surface area contributed by atoms with Crippen LogP contribution >= 0.6 is 0 Å². The van der Waals surface area contributed by atoms with Gasteiger partial charge in [0.15, 0.2) is 0 Å². The van der Waals surface area contributed by atoms with Gasteiger partial charge in [-0.3, -0.25) is 0 Å². The summed E-state index contributed by atoms with van der Waals surface area (Å²) in [6.07, 6.45) is 7.04. The van der Waals surface area contributed by atoms with Gasteiger partial charge in [-0.25, -0.2) is 0 Å². The van der Waals surface area contributed by atoms with Gasteiger partial charge >= 0.3 is 0 Å². The van der Waals surface area contributed by atoms with Gasteiger partial charge in [0, 0.05) is 6.61 Å². The number of unbranched alkanes of at least 4 members (excludes halogenated alkanes) is 2. The first kappa shape index (κ1) is 20.8. The smallest absolute Gasteiger partial charge is 0.0809 e. The third-order valence-corrected chi connectivity index (χ3v) is 3.32. The van der Waals surface area contributed by atoms with E-state index in [-0.39, 0.29) is 12.2 Å². The van der Waals surface area contributed by atoms with Crippen molar-refractivity contribution in [2.75, 3.05) is 33.0 Å². The fourth-order valence-electron chi connectivity index (χ4n) is 2.00. The summed E-state index contributed by atoms with van der Waals surface area (Å²) in [4.78, 5) is 0. The van der Waals surface area contributed by atoms with E-state index in [1.54, 1.807) is 0 Å². The van der Waals surface area contributed by atoms with Crippen LogP contribution in [-0.2, 0) is 14.2 Å². The average molecular weight is 304 g/mol. The Balaban J connectivity index is 3.75. The zero-order chi connectivity index (χ0) is 15.8. The largest absolute Gasteiger partial charge is 0.391 e. The summed E-state index contributed by atoms with van der Waals surface area (Å²) >= 11 is 0. The van der Waals surface area contributed by atoms with Crippen LogP contribution in [0, 0.1) is 0 Å². The Morgan fingerprint density at radius 1 is 0.762 bits per heavy atom. The molecule has 0 aromatic rings.